The van der Waals surface area contributed by atoms with Crippen LogP contribution in [0.15, 0.2) is 0 Å². The Morgan fingerprint density at radius 2 is 1.61 bits per heavy atom. The third-order valence-electron chi connectivity index (χ3n) is 12.0. The highest BCUT2D eigenvalue weighted by Crippen LogP contribution is 2.68. The lowest BCUT2D eigenvalue weighted by Gasteiger charge is -2.61. The van der Waals surface area contributed by atoms with Crippen LogP contribution in [0.5, 0.6) is 0 Å². The molecule has 3 unspecified atom stereocenters. The second-order valence-corrected chi connectivity index (χ2v) is 13.6. The summed E-state index contributed by atoms with van der Waals surface area (Å²) in [5.41, 5.74) is 0.991. The molecule has 0 aromatic rings. The molecule has 0 amide bonds. The molecular weight excluding hydrogens is 408 g/mol. The van der Waals surface area contributed by atoms with Gasteiger partial charge in [-0.1, -0.05) is 47.5 Å². The van der Waals surface area contributed by atoms with Crippen molar-refractivity contribution in [1.82, 2.24) is 0 Å². The fourth-order valence-electron chi connectivity index (χ4n) is 9.73. The van der Waals surface area contributed by atoms with Gasteiger partial charge in [-0.25, -0.2) is 0 Å². The van der Waals surface area contributed by atoms with Crippen LogP contribution in [0, 0.1) is 58.2 Å². The maximum atomic E-state index is 11.5. The molecule has 4 aliphatic rings. The van der Waals surface area contributed by atoms with Crippen LogP contribution in [0.4, 0.5) is 0 Å². The molecule has 0 aromatic carbocycles. The minimum absolute atomic E-state index is 0.1000. The van der Waals surface area contributed by atoms with Crippen LogP contribution in [-0.4, -0.2) is 23.8 Å². The van der Waals surface area contributed by atoms with E-state index in [4.69, 9.17) is 4.74 Å². The number of hydrogen-bond acceptors (Lipinski definition) is 3. The third-order valence-corrected chi connectivity index (χ3v) is 12.0. The highest BCUT2D eigenvalue weighted by Gasteiger charge is 2.60. The third kappa shape index (κ3) is 4.66. The van der Waals surface area contributed by atoms with Gasteiger partial charge < -0.3 is 9.84 Å². The summed E-state index contributed by atoms with van der Waals surface area (Å²) >= 11 is 0. The van der Waals surface area contributed by atoms with Gasteiger partial charge in [-0.05, 0) is 116 Å². The molecule has 0 spiro atoms. The summed E-state index contributed by atoms with van der Waals surface area (Å²) in [7, 11) is 0. The number of ether oxygens (including phenoxy) is 1. The number of fused-ring (bicyclic) bond motifs is 5. The Labute approximate surface area is 203 Å². The number of aliphatic hydroxyl groups is 1. The smallest absolute Gasteiger partial charge is 0.302 e. The van der Waals surface area contributed by atoms with Gasteiger partial charge in [0.2, 0.25) is 0 Å². The van der Waals surface area contributed by atoms with E-state index in [1.807, 2.05) is 0 Å². The van der Waals surface area contributed by atoms with Gasteiger partial charge in [0.15, 0.2) is 0 Å². The van der Waals surface area contributed by atoms with Crippen LogP contribution in [-0.2, 0) is 9.53 Å². The van der Waals surface area contributed by atoms with Crippen molar-refractivity contribution in [3.05, 3.63) is 0 Å². The summed E-state index contributed by atoms with van der Waals surface area (Å²) in [6.07, 6.45) is 14.7. The van der Waals surface area contributed by atoms with Crippen LogP contribution in [0.3, 0.4) is 0 Å². The molecule has 190 valence electrons. The number of hydrogen-bond donors (Lipinski definition) is 1. The van der Waals surface area contributed by atoms with Gasteiger partial charge in [0.25, 0.3) is 0 Å². The number of carbonyl (C=O) groups excluding carboxylic acids is 1. The van der Waals surface area contributed by atoms with Gasteiger partial charge in [0.1, 0.15) is 6.10 Å². The minimum Gasteiger partial charge on any atom is -0.463 e. The van der Waals surface area contributed by atoms with Gasteiger partial charge >= 0.3 is 5.97 Å². The van der Waals surface area contributed by atoms with Crippen LogP contribution in [0.25, 0.3) is 0 Å². The first-order chi connectivity index (χ1) is 15.6. The number of esters is 1. The number of aliphatic hydroxyl groups excluding tert-OH is 1. The molecule has 0 radical (unpaired) electrons. The maximum Gasteiger partial charge on any atom is 0.302 e. The second-order valence-electron chi connectivity index (χ2n) is 13.6. The molecule has 33 heavy (non-hydrogen) atoms. The normalized spacial score (nSPS) is 45.3. The first kappa shape index (κ1) is 25.5. The molecule has 4 saturated carbocycles. The molecule has 4 aliphatic carbocycles. The lowest BCUT2D eigenvalue weighted by Crippen LogP contribution is -2.54. The molecular formula is C30H52O3. The van der Waals surface area contributed by atoms with Gasteiger partial charge in [-0.3, -0.25) is 4.79 Å². The van der Waals surface area contributed by atoms with Crippen molar-refractivity contribution in [3.8, 4) is 0 Å². The molecule has 0 heterocycles. The summed E-state index contributed by atoms with van der Waals surface area (Å²) in [5.74, 6) is 6.09. The fourth-order valence-corrected chi connectivity index (χ4v) is 9.73. The van der Waals surface area contributed by atoms with Crippen molar-refractivity contribution in [2.24, 2.45) is 58.2 Å². The van der Waals surface area contributed by atoms with E-state index in [2.05, 4.69) is 34.6 Å². The summed E-state index contributed by atoms with van der Waals surface area (Å²) < 4.78 is 5.66. The molecule has 0 bridgehead atoms. The van der Waals surface area contributed by atoms with Crippen molar-refractivity contribution >= 4 is 5.97 Å². The highest BCUT2D eigenvalue weighted by atomic mass is 16.5. The zero-order chi connectivity index (χ0) is 24.0. The predicted molar refractivity (Wildman–Crippen MR) is 135 cm³/mol. The summed E-state index contributed by atoms with van der Waals surface area (Å²) in [6.45, 7) is 14.2. The lowest BCUT2D eigenvalue weighted by atomic mass is 9.44. The van der Waals surface area contributed by atoms with Crippen molar-refractivity contribution in [2.75, 3.05) is 6.61 Å². The van der Waals surface area contributed by atoms with E-state index in [1.54, 1.807) is 6.92 Å². The average molecular weight is 461 g/mol. The SMILES string of the molecule is CC(=O)OC1CC[C@@]2(C)C(CC[C@H]3[C@@H]4CC[C@H]([C@H](C)CC[C@@H](C)C(C)CO)[C@@]4(C)CC[C@@H]32)C1. The molecule has 1 N–H and O–H groups in total. The van der Waals surface area contributed by atoms with Crippen LogP contribution in [0.2, 0.25) is 0 Å². The van der Waals surface area contributed by atoms with Crippen LogP contribution in [0.1, 0.15) is 112 Å². The van der Waals surface area contributed by atoms with E-state index >= 15 is 0 Å². The molecule has 0 aromatic heterocycles. The lowest BCUT2D eigenvalue weighted by molar-refractivity contribution is -0.160. The molecule has 11 atom stereocenters. The molecule has 0 saturated heterocycles. The topological polar surface area (TPSA) is 46.5 Å². The molecule has 0 aliphatic heterocycles. The van der Waals surface area contributed by atoms with Crippen LogP contribution >= 0.6 is 0 Å². The number of carbonyl (C=O) groups is 1. The zero-order valence-electron chi connectivity index (χ0n) is 22.4. The van der Waals surface area contributed by atoms with E-state index in [-0.39, 0.29) is 12.1 Å². The van der Waals surface area contributed by atoms with Gasteiger partial charge in [0.05, 0.1) is 0 Å². The Kier molecular flexibility index (Phi) is 7.60. The molecule has 3 nitrogen and oxygen atoms in total. The largest absolute Gasteiger partial charge is 0.463 e. The Balaban J connectivity index is 1.41. The van der Waals surface area contributed by atoms with Crippen molar-refractivity contribution in [1.29, 1.82) is 0 Å². The Hall–Kier alpha value is -0.570. The fraction of sp³-hybridized carbons (Fsp3) is 0.967. The van der Waals surface area contributed by atoms with E-state index in [0.29, 0.717) is 29.3 Å². The maximum absolute atomic E-state index is 11.5. The van der Waals surface area contributed by atoms with E-state index < -0.39 is 0 Å². The van der Waals surface area contributed by atoms with E-state index in [1.165, 1.54) is 57.8 Å². The van der Waals surface area contributed by atoms with Crippen molar-refractivity contribution < 1.29 is 14.6 Å². The van der Waals surface area contributed by atoms with Gasteiger partial charge in [-0.15, -0.1) is 0 Å². The Morgan fingerprint density at radius 3 is 2.30 bits per heavy atom. The first-order valence-corrected chi connectivity index (χ1v) is 14.4. The van der Waals surface area contributed by atoms with Crippen LogP contribution < -0.4 is 0 Å². The van der Waals surface area contributed by atoms with Gasteiger partial charge in [0, 0.05) is 13.5 Å². The van der Waals surface area contributed by atoms with E-state index in [0.717, 1.165) is 48.3 Å². The monoisotopic (exact) mass is 460 g/mol. The quantitative estimate of drug-likeness (QED) is 0.407. The molecule has 4 rings (SSSR count). The van der Waals surface area contributed by atoms with Crippen molar-refractivity contribution in [2.45, 2.75) is 118 Å². The highest BCUT2D eigenvalue weighted by molar-refractivity contribution is 5.66. The second kappa shape index (κ2) is 9.82. The number of rotatable bonds is 7. The zero-order valence-corrected chi connectivity index (χ0v) is 22.4. The Bertz CT molecular complexity index is 690. The molecule has 3 heteroatoms. The summed E-state index contributed by atoms with van der Waals surface area (Å²) in [4.78, 5) is 11.5. The average Bonchev–Trinajstić information content (AvgIpc) is 3.13. The first-order valence-electron chi connectivity index (χ1n) is 14.4. The molecule has 4 fully saturated rings. The standard InChI is InChI=1S/C30H52O3/c1-19(21(3)18-31)7-8-20(2)26-11-12-27-25-10-9-23-17-24(33-22(4)32)13-15-29(23,5)28(25)14-16-30(26,27)6/h19-21,23-28,31H,7-18H2,1-6H3/t19-,20-,21?,23?,24?,25+,26-,27+,28+,29+,30-/m1/s1. The Morgan fingerprint density at radius 1 is 0.909 bits per heavy atom. The predicted octanol–water partition coefficient (Wildman–Crippen LogP) is 7.26. The van der Waals surface area contributed by atoms with Crippen molar-refractivity contribution in [3.63, 3.8) is 0 Å². The van der Waals surface area contributed by atoms with Gasteiger partial charge in [-0.2, -0.15) is 0 Å². The minimum atomic E-state index is -0.1000. The van der Waals surface area contributed by atoms with E-state index in [9.17, 15) is 9.90 Å². The summed E-state index contributed by atoms with van der Waals surface area (Å²) in [5, 5.41) is 9.52. The summed E-state index contributed by atoms with van der Waals surface area (Å²) in [6, 6.07) is 0.